The van der Waals surface area contributed by atoms with Gasteiger partial charge in [0.2, 0.25) is 0 Å². The second kappa shape index (κ2) is 5.66. The number of ketones is 1. The van der Waals surface area contributed by atoms with Gasteiger partial charge in [0, 0.05) is 25.6 Å². The van der Waals surface area contributed by atoms with Crippen LogP contribution < -0.4 is 5.73 Å². The second-order valence-electron chi connectivity index (χ2n) is 3.96. The first kappa shape index (κ1) is 11.9. The lowest BCUT2D eigenvalue weighted by molar-refractivity contribution is -0.119. The molecule has 84 valence electrons. The van der Waals surface area contributed by atoms with Gasteiger partial charge in [0.1, 0.15) is 5.78 Å². The molecule has 1 rings (SSSR count). The molecule has 0 radical (unpaired) electrons. The molecule has 15 heavy (non-hydrogen) atoms. The van der Waals surface area contributed by atoms with Gasteiger partial charge >= 0.3 is 0 Å². The molecule has 1 atom stereocenters. The molecule has 0 spiro atoms. The number of hydrogen-bond acceptors (Lipinski definition) is 3. The van der Waals surface area contributed by atoms with Crippen LogP contribution in [0.15, 0.2) is 12.4 Å². The van der Waals surface area contributed by atoms with Crippen molar-refractivity contribution in [2.45, 2.75) is 33.2 Å². The van der Waals surface area contributed by atoms with Crippen LogP contribution in [-0.4, -0.2) is 22.1 Å². The highest BCUT2D eigenvalue weighted by Crippen LogP contribution is 2.06. The van der Waals surface area contributed by atoms with Crippen molar-refractivity contribution < 1.29 is 4.79 Å². The highest BCUT2D eigenvalue weighted by molar-refractivity contribution is 5.80. The number of nitrogens with two attached hydrogens (primary N) is 1. The van der Waals surface area contributed by atoms with Gasteiger partial charge in [-0.2, -0.15) is 5.10 Å². The quantitative estimate of drug-likeness (QED) is 0.760. The first-order valence-corrected chi connectivity index (χ1v) is 5.38. The van der Waals surface area contributed by atoms with Crippen molar-refractivity contribution in [3.05, 3.63) is 18.0 Å². The normalized spacial score (nSPS) is 12.7. The Kier molecular flexibility index (Phi) is 4.49. The van der Waals surface area contributed by atoms with Crippen molar-refractivity contribution in [2.75, 3.05) is 6.54 Å². The van der Waals surface area contributed by atoms with Crippen LogP contribution in [0.1, 0.15) is 25.8 Å². The molecular weight excluding hydrogens is 190 g/mol. The van der Waals surface area contributed by atoms with E-state index in [9.17, 15) is 4.79 Å². The van der Waals surface area contributed by atoms with Gasteiger partial charge in [-0.05, 0) is 24.9 Å². The van der Waals surface area contributed by atoms with Crippen LogP contribution in [0.2, 0.25) is 0 Å². The minimum atomic E-state index is 0.239. The predicted octanol–water partition coefficient (Wildman–Crippen LogP) is 0.999. The van der Waals surface area contributed by atoms with Crippen molar-refractivity contribution in [3.63, 3.8) is 0 Å². The van der Waals surface area contributed by atoms with E-state index in [1.54, 1.807) is 6.20 Å². The molecule has 0 saturated carbocycles. The summed E-state index contributed by atoms with van der Waals surface area (Å²) < 4.78 is 1.83. The summed E-state index contributed by atoms with van der Waals surface area (Å²) in [6.07, 6.45) is 4.72. The molecule has 4 heteroatoms. The summed E-state index contributed by atoms with van der Waals surface area (Å²) in [4.78, 5) is 11.6. The van der Waals surface area contributed by atoms with Gasteiger partial charge in [-0.25, -0.2) is 0 Å². The lowest BCUT2D eigenvalue weighted by Crippen LogP contribution is -2.16. The zero-order valence-electron chi connectivity index (χ0n) is 9.44. The number of Topliss-reactive ketones (excluding diaryl/α,β-unsaturated/α-hetero) is 1. The number of nitrogens with zero attached hydrogens (tertiary/aromatic N) is 2. The van der Waals surface area contributed by atoms with Crippen LogP contribution in [0, 0.1) is 5.92 Å². The average Bonchev–Trinajstić information content (AvgIpc) is 2.65. The Bertz CT molecular complexity index is 319. The SMILES string of the molecule is CCn1cc(CC(=O)CC(C)CN)cn1. The smallest absolute Gasteiger partial charge is 0.137 e. The molecule has 4 nitrogen and oxygen atoms in total. The highest BCUT2D eigenvalue weighted by Gasteiger charge is 2.09. The first-order chi connectivity index (χ1) is 7.15. The van der Waals surface area contributed by atoms with E-state index in [0.29, 0.717) is 19.4 Å². The Morgan fingerprint density at radius 1 is 1.67 bits per heavy atom. The van der Waals surface area contributed by atoms with Crippen LogP contribution in [0.4, 0.5) is 0 Å². The van der Waals surface area contributed by atoms with E-state index in [1.807, 2.05) is 24.7 Å². The Labute approximate surface area is 90.5 Å². The van der Waals surface area contributed by atoms with E-state index in [1.165, 1.54) is 0 Å². The summed E-state index contributed by atoms with van der Waals surface area (Å²) in [7, 11) is 0. The summed E-state index contributed by atoms with van der Waals surface area (Å²) in [5, 5.41) is 4.13. The minimum absolute atomic E-state index is 0.239. The number of hydrogen-bond donors (Lipinski definition) is 1. The third-order valence-corrected chi connectivity index (χ3v) is 2.39. The fourth-order valence-electron chi connectivity index (χ4n) is 1.44. The second-order valence-corrected chi connectivity index (χ2v) is 3.96. The average molecular weight is 209 g/mol. The van der Waals surface area contributed by atoms with E-state index in [2.05, 4.69) is 5.10 Å². The maximum atomic E-state index is 11.6. The molecule has 0 aliphatic rings. The molecule has 0 fully saturated rings. The molecule has 1 aromatic heterocycles. The summed E-state index contributed by atoms with van der Waals surface area (Å²) in [6, 6.07) is 0. The molecule has 0 aromatic carbocycles. The Morgan fingerprint density at radius 3 is 2.93 bits per heavy atom. The highest BCUT2D eigenvalue weighted by atomic mass is 16.1. The lowest BCUT2D eigenvalue weighted by atomic mass is 10.0. The molecule has 0 aliphatic carbocycles. The Balaban J connectivity index is 2.44. The summed E-state index contributed by atoms with van der Waals surface area (Å²) >= 11 is 0. The zero-order valence-corrected chi connectivity index (χ0v) is 9.44. The molecule has 0 amide bonds. The van der Waals surface area contributed by atoms with Gasteiger partial charge in [0.15, 0.2) is 0 Å². The van der Waals surface area contributed by atoms with Crippen LogP contribution in [-0.2, 0) is 17.8 Å². The van der Waals surface area contributed by atoms with E-state index < -0.39 is 0 Å². The molecule has 0 bridgehead atoms. The van der Waals surface area contributed by atoms with E-state index in [-0.39, 0.29) is 11.7 Å². The van der Waals surface area contributed by atoms with Gasteiger partial charge in [0.25, 0.3) is 0 Å². The lowest BCUT2D eigenvalue weighted by Gasteiger charge is -2.05. The number of rotatable bonds is 6. The largest absolute Gasteiger partial charge is 0.330 e. The summed E-state index contributed by atoms with van der Waals surface area (Å²) in [6.45, 7) is 5.43. The molecular formula is C11H19N3O. The molecule has 1 aromatic rings. The summed E-state index contributed by atoms with van der Waals surface area (Å²) in [5.41, 5.74) is 6.46. The standard InChI is InChI=1S/C11H19N3O/c1-3-14-8-10(7-13-14)5-11(15)4-9(2)6-12/h7-9H,3-6,12H2,1-2H3. The van der Waals surface area contributed by atoms with Gasteiger partial charge in [-0.15, -0.1) is 0 Å². The van der Waals surface area contributed by atoms with Crippen molar-refractivity contribution >= 4 is 5.78 Å². The number of aromatic nitrogens is 2. The fourth-order valence-corrected chi connectivity index (χ4v) is 1.44. The van der Waals surface area contributed by atoms with Gasteiger partial charge in [-0.1, -0.05) is 6.92 Å². The fraction of sp³-hybridized carbons (Fsp3) is 0.636. The topological polar surface area (TPSA) is 60.9 Å². The third kappa shape index (κ3) is 3.83. The molecule has 1 unspecified atom stereocenters. The summed E-state index contributed by atoms with van der Waals surface area (Å²) in [5.74, 6) is 0.516. The van der Waals surface area contributed by atoms with Crippen molar-refractivity contribution in [2.24, 2.45) is 11.7 Å². The van der Waals surface area contributed by atoms with Gasteiger partial charge < -0.3 is 5.73 Å². The number of carbonyl (C=O) groups excluding carboxylic acids is 1. The molecule has 2 N–H and O–H groups in total. The van der Waals surface area contributed by atoms with Crippen molar-refractivity contribution in [1.29, 1.82) is 0 Å². The van der Waals surface area contributed by atoms with Gasteiger partial charge in [-0.3, -0.25) is 9.48 Å². The Hall–Kier alpha value is -1.16. The monoisotopic (exact) mass is 209 g/mol. The minimum Gasteiger partial charge on any atom is -0.330 e. The molecule has 0 aliphatic heterocycles. The van der Waals surface area contributed by atoms with Crippen LogP contribution in [0.25, 0.3) is 0 Å². The van der Waals surface area contributed by atoms with E-state index >= 15 is 0 Å². The molecule has 0 saturated heterocycles. The zero-order chi connectivity index (χ0) is 11.3. The molecule has 1 heterocycles. The van der Waals surface area contributed by atoms with E-state index in [4.69, 9.17) is 5.73 Å². The van der Waals surface area contributed by atoms with Crippen LogP contribution >= 0.6 is 0 Å². The first-order valence-electron chi connectivity index (χ1n) is 5.38. The van der Waals surface area contributed by atoms with Crippen LogP contribution in [0.5, 0.6) is 0 Å². The van der Waals surface area contributed by atoms with Crippen molar-refractivity contribution in [3.8, 4) is 0 Å². The van der Waals surface area contributed by atoms with Gasteiger partial charge in [0.05, 0.1) is 6.20 Å². The van der Waals surface area contributed by atoms with E-state index in [0.717, 1.165) is 12.1 Å². The predicted molar refractivity (Wildman–Crippen MR) is 59.4 cm³/mol. The Morgan fingerprint density at radius 2 is 2.40 bits per heavy atom. The third-order valence-electron chi connectivity index (χ3n) is 2.39. The maximum absolute atomic E-state index is 11.6. The van der Waals surface area contributed by atoms with Crippen LogP contribution in [0.3, 0.4) is 0 Å². The van der Waals surface area contributed by atoms with Crippen molar-refractivity contribution in [1.82, 2.24) is 9.78 Å². The maximum Gasteiger partial charge on any atom is 0.137 e. The number of aryl methyl sites for hydroxylation is 1. The number of carbonyl (C=O) groups is 1.